The topological polar surface area (TPSA) is 66.6 Å². The molecule has 0 spiro atoms. The third kappa shape index (κ3) is 4.55. The molecule has 1 aliphatic rings. The average Bonchev–Trinajstić information content (AvgIpc) is 2.50. The summed E-state index contributed by atoms with van der Waals surface area (Å²) >= 11 is 5.97. The fraction of sp³-hybridized carbons (Fsp3) is 0.571. The van der Waals surface area contributed by atoms with Crippen LogP contribution in [0.1, 0.15) is 24.8 Å². The number of nitrogens with two attached hydrogens (primary N) is 1. The molecule has 1 atom stereocenters. The molecule has 0 bridgehead atoms. The van der Waals surface area contributed by atoms with Crippen molar-refractivity contribution >= 4 is 34.2 Å². The van der Waals surface area contributed by atoms with Crippen LogP contribution in [-0.4, -0.2) is 43.2 Å². The molecule has 0 aromatic heterocycles. The lowest BCUT2D eigenvalue weighted by molar-refractivity contribution is 0.239. The standard InChI is InChI=1S/C14H21ClFN3O2S.ClH/c1-18(10-12-13(15)6-4-7-14(12)16)22(20,21)19-8-3-2-5-11(19)9-17;/h4,6-7,11H,2-3,5,8-10,17H2,1H3;1H. The highest BCUT2D eigenvalue weighted by Gasteiger charge is 2.34. The first-order valence-electron chi connectivity index (χ1n) is 7.24. The Kier molecular flexibility index (Phi) is 7.70. The van der Waals surface area contributed by atoms with E-state index in [9.17, 15) is 12.8 Å². The first kappa shape index (κ1) is 20.6. The van der Waals surface area contributed by atoms with Gasteiger partial charge in [0.1, 0.15) is 5.82 Å². The molecule has 1 heterocycles. The molecule has 1 aromatic rings. The monoisotopic (exact) mass is 385 g/mol. The molecule has 0 aliphatic carbocycles. The van der Waals surface area contributed by atoms with Crippen molar-refractivity contribution in [3.8, 4) is 0 Å². The van der Waals surface area contributed by atoms with Crippen molar-refractivity contribution in [2.24, 2.45) is 5.73 Å². The van der Waals surface area contributed by atoms with Gasteiger partial charge < -0.3 is 5.73 Å². The molecule has 1 unspecified atom stereocenters. The molecule has 2 rings (SSSR count). The average molecular weight is 386 g/mol. The van der Waals surface area contributed by atoms with Crippen LogP contribution in [0.2, 0.25) is 5.02 Å². The zero-order chi connectivity index (χ0) is 16.3. The van der Waals surface area contributed by atoms with Gasteiger partial charge in [0, 0.05) is 43.3 Å². The minimum absolute atomic E-state index is 0. The van der Waals surface area contributed by atoms with Crippen LogP contribution < -0.4 is 5.73 Å². The van der Waals surface area contributed by atoms with E-state index in [0.717, 1.165) is 23.6 Å². The van der Waals surface area contributed by atoms with Crippen molar-refractivity contribution in [3.05, 3.63) is 34.6 Å². The lowest BCUT2D eigenvalue weighted by Gasteiger charge is -2.36. The Bertz CT molecular complexity index is 610. The SMILES string of the molecule is CN(Cc1c(F)cccc1Cl)S(=O)(=O)N1CCCCC1CN.Cl. The lowest BCUT2D eigenvalue weighted by Crippen LogP contribution is -2.51. The summed E-state index contributed by atoms with van der Waals surface area (Å²) in [5.74, 6) is -0.511. The summed E-state index contributed by atoms with van der Waals surface area (Å²) in [5.41, 5.74) is 5.86. The van der Waals surface area contributed by atoms with Crippen molar-refractivity contribution in [3.63, 3.8) is 0 Å². The van der Waals surface area contributed by atoms with Gasteiger partial charge >= 0.3 is 0 Å². The third-order valence-electron chi connectivity index (χ3n) is 3.98. The second kappa shape index (κ2) is 8.60. The first-order valence-corrected chi connectivity index (χ1v) is 9.01. The summed E-state index contributed by atoms with van der Waals surface area (Å²) in [6.07, 6.45) is 2.53. The van der Waals surface area contributed by atoms with Crippen LogP contribution in [0.5, 0.6) is 0 Å². The summed E-state index contributed by atoms with van der Waals surface area (Å²) in [5, 5.41) is 0.219. The molecule has 1 fully saturated rings. The molecule has 1 saturated heterocycles. The van der Waals surface area contributed by atoms with Gasteiger partial charge in [0.2, 0.25) is 0 Å². The van der Waals surface area contributed by atoms with Crippen LogP contribution in [0, 0.1) is 5.82 Å². The molecule has 2 N–H and O–H groups in total. The van der Waals surface area contributed by atoms with E-state index < -0.39 is 16.0 Å². The number of nitrogens with zero attached hydrogens (tertiary/aromatic N) is 2. The van der Waals surface area contributed by atoms with Crippen LogP contribution in [0.25, 0.3) is 0 Å². The normalized spacial score (nSPS) is 19.6. The van der Waals surface area contributed by atoms with Crippen molar-refractivity contribution in [2.75, 3.05) is 20.1 Å². The predicted molar refractivity (Wildman–Crippen MR) is 92.4 cm³/mol. The van der Waals surface area contributed by atoms with E-state index in [1.54, 1.807) is 6.07 Å². The highest BCUT2D eigenvalue weighted by Crippen LogP contribution is 2.25. The van der Waals surface area contributed by atoms with Crippen molar-refractivity contribution in [1.82, 2.24) is 8.61 Å². The Morgan fingerprint density at radius 3 is 2.74 bits per heavy atom. The Morgan fingerprint density at radius 2 is 2.13 bits per heavy atom. The van der Waals surface area contributed by atoms with Crippen molar-refractivity contribution in [1.29, 1.82) is 0 Å². The van der Waals surface area contributed by atoms with Gasteiger partial charge in [-0.3, -0.25) is 0 Å². The number of benzene rings is 1. The summed E-state index contributed by atoms with van der Waals surface area (Å²) < 4.78 is 41.8. The smallest absolute Gasteiger partial charge is 0.282 e. The van der Waals surface area contributed by atoms with Gasteiger partial charge in [0.25, 0.3) is 10.2 Å². The molecule has 5 nitrogen and oxygen atoms in total. The van der Waals surface area contributed by atoms with E-state index in [4.69, 9.17) is 17.3 Å². The minimum atomic E-state index is -3.69. The molecule has 0 amide bonds. The quantitative estimate of drug-likeness (QED) is 0.845. The van der Waals surface area contributed by atoms with Crippen LogP contribution in [0.15, 0.2) is 18.2 Å². The molecule has 9 heteroatoms. The van der Waals surface area contributed by atoms with Crippen LogP contribution in [0.4, 0.5) is 4.39 Å². The van der Waals surface area contributed by atoms with Gasteiger partial charge in [0.15, 0.2) is 0 Å². The second-order valence-electron chi connectivity index (χ2n) is 5.46. The molecule has 1 aromatic carbocycles. The highest BCUT2D eigenvalue weighted by atomic mass is 35.5. The summed E-state index contributed by atoms with van der Waals surface area (Å²) in [7, 11) is -2.26. The number of hydrogen-bond acceptors (Lipinski definition) is 3. The third-order valence-corrected chi connectivity index (χ3v) is 6.32. The van der Waals surface area contributed by atoms with Gasteiger partial charge in [-0.25, -0.2) is 4.39 Å². The summed E-state index contributed by atoms with van der Waals surface area (Å²) in [4.78, 5) is 0. The van der Waals surface area contributed by atoms with Crippen molar-refractivity contribution < 1.29 is 12.8 Å². The Balaban J connectivity index is 0.00000264. The van der Waals surface area contributed by atoms with Crippen LogP contribution >= 0.6 is 24.0 Å². The van der Waals surface area contributed by atoms with E-state index in [2.05, 4.69) is 0 Å². The maximum absolute atomic E-state index is 13.8. The van der Waals surface area contributed by atoms with Gasteiger partial charge in [-0.05, 0) is 25.0 Å². The molecule has 1 aliphatic heterocycles. The molecular weight excluding hydrogens is 364 g/mol. The van der Waals surface area contributed by atoms with E-state index in [0.29, 0.717) is 6.54 Å². The number of hydrogen-bond donors (Lipinski definition) is 1. The first-order chi connectivity index (χ1) is 10.4. The minimum Gasteiger partial charge on any atom is -0.329 e. The van der Waals surface area contributed by atoms with Crippen molar-refractivity contribution in [2.45, 2.75) is 31.8 Å². The highest BCUT2D eigenvalue weighted by molar-refractivity contribution is 7.86. The lowest BCUT2D eigenvalue weighted by atomic mass is 10.1. The van der Waals surface area contributed by atoms with E-state index in [-0.39, 0.29) is 42.1 Å². The molecule has 23 heavy (non-hydrogen) atoms. The summed E-state index contributed by atoms with van der Waals surface area (Å²) in [6.45, 7) is 0.620. The number of piperidine rings is 1. The molecule has 0 radical (unpaired) electrons. The van der Waals surface area contributed by atoms with Crippen LogP contribution in [0.3, 0.4) is 0 Å². The maximum atomic E-state index is 13.8. The fourth-order valence-electron chi connectivity index (χ4n) is 2.68. The van der Waals surface area contributed by atoms with Gasteiger partial charge in [-0.15, -0.1) is 12.4 Å². The Labute approximate surface area is 148 Å². The summed E-state index contributed by atoms with van der Waals surface area (Å²) in [6, 6.07) is 4.11. The number of halogens is 3. The largest absolute Gasteiger partial charge is 0.329 e. The van der Waals surface area contributed by atoms with E-state index >= 15 is 0 Å². The zero-order valence-corrected chi connectivity index (χ0v) is 15.3. The maximum Gasteiger partial charge on any atom is 0.282 e. The van der Waals surface area contributed by atoms with Crippen LogP contribution in [-0.2, 0) is 16.8 Å². The number of rotatable bonds is 5. The zero-order valence-electron chi connectivity index (χ0n) is 12.9. The Hall–Kier alpha value is -0.440. The molecule has 0 saturated carbocycles. The second-order valence-corrected chi connectivity index (χ2v) is 7.86. The van der Waals surface area contributed by atoms with Gasteiger partial charge in [-0.2, -0.15) is 17.0 Å². The van der Waals surface area contributed by atoms with Gasteiger partial charge in [0.05, 0.1) is 0 Å². The Morgan fingerprint density at radius 1 is 1.43 bits per heavy atom. The molecule has 132 valence electrons. The van der Waals surface area contributed by atoms with E-state index in [1.165, 1.54) is 23.5 Å². The van der Waals surface area contributed by atoms with Gasteiger partial charge in [-0.1, -0.05) is 24.1 Å². The van der Waals surface area contributed by atoms with E-state index in [1.807, 2.05) is 0 Å². The fourth-order valence-corrected chi connectivity index (χ4v) is 4.48. The predicted octanol–water partition coefficient (Wildman–Crippen LogP) is 2.39. The molecular formula is C14H22Cl2FN3O2S.